The SMILES string of the molecule is [2H]c1cc(Cl)cc2c1CN(C(=O)N1CCOC[C@@H]1C)CC2. The first-order valence-corrected chi connectivity index (χ1v) is 7.35. The summed E-state index contributed by atoms with van der Waals surface area (Å²) in [5.41, 5.74) is 2.01. The predicted octanol–water partition coefficient (Wildman–Crippen LogP) is 2.54. The molecule has 1 aromatic carbocycles. The first kappa shape index (κ1) is 12.5. The summed E-state index contributed by atoms with van der Waals surface area (Å²) >= 11 is 6.00. The van der Waals surface area contributed by atoms with Crippen LogP contribution >= 0.6 is 11.6 Å². The van der Waals surface area contributed by atoms with Crippen molar-refractivity contribution in [1.29, 1.82) is 0 Å². The van der Waals surface area contributed by atoms with E-state index in [-0.39, 0.29) is 12.1 Å². The predicted molar refractivity (Wildman–Crippen MR) is 77.9 cm³/mol. The van der Waals surface area contributed by atoms with Gasteiger partial charge in [-0.15, -0.1) is 0 Å². The maximum absolute atomic E-state index is 12.7. The Balaban J connectivity index is 1.78. The Kier molecular flexibility index (Phi) is 3.51. The Morgan fingerprint density at radius 2 is 2.35 bits per heavy atom. The van der Waals surface area contributed by atoms with Crippen LogP contribution in [0, 0.1) is 0 Å². The molecular weight excluding hydrogens is 276 g/mol. The molecule has 3 rings (SSSR count). The van der Waals surface area contributed by atoms with Gasteiger partial charge in [0.2, 0.25) is 0 Å². The van der Waals surface area contributed by atoms with Crippen molar-refractivity contribution in [3.63, 3.8) is 0 Å². The van der Waals surface area contributed by atoms with Crippen LogP contribution in [0.4, 0.5) is 4.79 Å². The van der Waals surface area contributed by atoms with Crippen LogP contribution in [-0.2, 0) is 17.7 Å². The molecule has 1 aromatic rings. The molecule has 0 bridgehead atoms. The smallest absolute Gasteiger partial charge is 0.320 e. The monoisotopic (exact) mass is 295 g/mol. The zero-order chi connectivity index (χ0) is 15.0. The topological polar surface area (TPSA) is 32.8 Å². The third-order valence-corrected chi connectivity index (χ3v) is 4.19. The van der Waals surface area contributed by atoms with Crippen molar-refractivity contribution in [2.75, 3.05) is 26.3 Å². The van der Waals surface area contributed by atoms with E-state index in [1.807, 2.05) is 22.8 Å². The van der Waals surface area contributed by atoms with E-state index >= 15 is 0 Å². The van der Waals surface area contributed by atoms with Gasteiger partial charge in [-0.25, -0.2) is 4.79 Å². The first-order valence-electron chi connectivity index (χ1n) is 7.47. The highest BCUT2D eigenvalue weighted by Gasteiger charge is 2.29. The lowest BCUT2D eigenvalue weighted by molar-refractivity contribution is 0.00937. The number of hydrogen-bond donors (Lipinski definition) is 0. The third kappa shape index (κ3) is 2.63. The maximum Gasteiger partial charge on any atom is 0.320 e. The molecule has 4 nitrogen and oxygen atoms in total. The van der Waals surface area contributed by atoms with Gasteiger partial charge < -0.3 is 14.5 Å². The van der Waals surface area contributed by atoms with Gasteiger partial charge in [-0.3, -0.25) is 0 Å². The molecule has 1 atom stereocenters. The Labute approximate surface area is 125 Å². The van der Waals surface area contributed by atoms with E-state index in [2.05, 4.69) is 0 Å². The van der Waals surface area contributed by atoms with E-state index in [0.717, 1.165) is 17.5 Å². The molecule has 108 valence electrons. The number of ether oxygens (including phenoxy) is 1. The number of carbonyl (C=O) groups is 1. The van der Waals surface area contributed by atoms with Gasteiger partial charge in [-0.2, -0.15) is 0 Å². The molecule has 5 heteroatoms. The van der Waals surface area contributed by atoms with Crippen LogP contribution in [0.25, 0.3) is 0 Å². The van der Waals surface area contributed by atoms with Crippen molar-refractivity contribution >= 4 is 17.6 Å². The molecule has 2 aliphatic rings. The molecule has 0 aliphatic carbocycles. The van der Waals surface area contributed by atoms with E-state index in [0.29, 0.717) is 43.9 Å². The summed E-state index contributed by atoms with van der Waals surface area (Å²) in [5, 5.41) is 0.598. The van der Waals surface area contributed by atoms with Gasteiger partial charge in [0.15, 0.2) is 0 Å². The molecule has 0 radical (unpaired) electrons. The number of urea groups is 1. The Hall–Kier alpha value is -1.26. The normalized spacial score (nSPS) is 23.3. The second-order valence-electron chi connectivity index (χ2n) is 5.39. The minimum Gasteiger partial charge on any atom is -0.377 e. The quantitative estimate of drug-likeness (QED) is 0.737. The van der Waals surface area contributed by atoms with Crippen LogP contribution in [0.5, 0.6) is 0 Å². The van der Waals surface area contributed by atoms with Gasteiger partial charge in [0.25, 0.3) is 0 Å². The molecule has 0 saturated carbocycles. The van der Waals surface area contributed by atoms with Gasteiger partial charge in [-0.1, -0.05) is 17.6 Å². The molecular formula is C15H19ClN2O2. The minimum atomic E-state index is 0.0470. The lowest BCUT2D eigenvalue weighted by Gasteiger charge is -2.39. The maximum atomic E-state index is 12.7. The number of benzene rings is 1. The number of amides is 2. The van der Waals surface area contributed by atoms with E-state index in [1.54, 1.807) is 6.07 Å². The van der Waals surface area contributed by atoms with Gasteiger partial charge in [0, 0.05) is 24.7 Å². The van der Waals surface area contributed by atoms with E-state index in [4.69, 9.17) is 17.7 Å². The summed E-state index contributed by atoms with van der Waals surface area (Å²) in [7, 11) is 0. The molecule has 1 fully saturated rings. The summed E-state index contributed by atoms with van der Waals surface area (Å²) < 4.78 is 13.4. The van der Waals surface area contributed by atoms with Crippen LogP contribution in [0.2, 0.25) is 5.02 Å². The van der Waals surface area contributed by atoms with Gasteiger partial charge in [0.1, 0.15) is 0 Å². The molecule has 0 spiro atoms. The van der Waals surface area contributed by atoms with Crippen LogP contribution in [0.15, 0.2) is 18.2 Å². The number of morpholine rings is 1. The van der Waals surface area contributed by atoms with Crippen molar-refractivity contribution in [2.24, 2.45) is 0 Å². The third-order valence-electron chi connectivity index (χ3n) is 3.97. The Bertz CT molecular complexity index is 567. The van der Waals surface area contributed by atoms with Crippen LogP contribution in [0.1, 0.15) is 19.4 Å². The van der Waals surface area contributed by atoms with Crippen LogP contribution < -0.4 is 0 Å². The standard InChI is InChI=1S/C15H19ClN2O2/c1-11-10-20-7-6-18(11)15(19)17-5-4-12-8-14(16)3-2-13(12)9-17/h2-3,8,11H,4-7,9-10H2,1H3/t11-/m0/s1/i2D. The fraction of sp³-hybridized carbons (Fsp3) is 0.533. The summed E-state index contributed by atoms with van der Waals surface area (Å²) in [5.74, 6) is 0. The lowest BCUT2D eigenvalue weighted by Crippen LogP contribution is -2.53. The number of halogens is 1. The Morgan fingerprint density at radius 1 is 1.50 bits per heavy atom. The second-order valence-corrected chi connectivity index (χ2v) is 5.83. The van der Waals surface area contributed by atoms with Crippen molar-refractivity contribution in [3.05, 3.63) is 34.3 Å². The molecule has 0 N–H and O–H groups in total. The summed E-state index contributed by atoms with van der Waals surface area (Å²) in [4.78, 5) is 16.4. The van der Waals surface area contributed by atoms with E-state index < -0.39 is 0 Å². The van der Waals surface area contributed by atoms with Gasteiger partial charge in [0.05, 0.1) is 20.6 Å². The zero-order valence-corrected chi connectivity index (χ0v) is 12.3. The van der Waals surface area contributed by atoms with Crippen molar-refractivity contribution in [3.8, 4) is 0 Å². The fourth-order valence-corrected chi connectivity index (χ4v) is 2.98. The van der Waals surface area contributed by atoms with E-state index in [1.165, 1.54) is 0 Å². The second kappa shape index (κ2) is 5.62. The van der Waals surface area contributed by atoms with Crippen molar-refractivity contribution in [2.45, 2.75) is 25.9 Å². The Morgan fingerprint density at radius 3 is 3.15 bits per heavy atom. The molecule has 20 heavy (non-hydrogen) atoms. The van der Waals surface area contributed by atoms with Crippen LogP contribution in [0.3, 0.4) is 0 Å². The fourth-order valence-electron chi connectivity index (χ4n) is 2.80. The summed E-state index contributed by atoms with van der Waals surface area (Å²) in [6.07, 6.45) is 0.756. The highest BCUT2D eigenvalue weighted by molar-refractivity contribution is 6.30. The molecule has 0 unspecified atom stereocenters. The highest BCUT2D eigenvalue weighted by atomic mass is 35.5. The zero-order valence-electron chi connectivity index (χ0n) is 12.6. The largest absolute Gasteiger partial charge is 0.377 e. The number of fused-ring (bicyclic) bond motifs is 1. The molecule has 2 amide bonds. The van der Waals surface area contributed by atoms with E-state index in [9.17, 15) is 4.79 Å². The highest BCUT2D eigenvalue weighted by Crippen LogP contribution is 2.24. The van der Waals surface area contributed by atoms with Crippen LogP contribution in [-0.4, -0.2) is 48.2 Å². The van der Waals surface area contributed by atoms with Crippen molar-refractivity contribution in [1.82, 2.24) is 9.80 Å². The molecule has 2 aliphatic heterocycles. The minimum absolute atomic E-state index is 0.0470. The average Bonchev–Trinajstić information content (AvgIpc) is 2.46. The van der Waals surface area contributed by atoms with Gasteiger partial charge in [-0.05, 0) is 36.6 Å². The number of nitrogens with zero attached hydrogens (tertiary/aromatic N) is 2. The number of rotatable bonds is 0. The first-order chi connectivity index (χ1) is 10.1. The number of carbonyl (C=O) groups excluding carboxylic acids is 1. The summed E-state index contributed by atoms with van der Waals surface area (Å²) in [6, 6.07) is 4.13. The molecule has 2 heterocycles. The molecule has 1 saturated heterocycles. The number of hydrogen-bond acceptors (Lipinski definition) is 2. The average molecular weight is 296 g/mol. The van der Waals surface area contributed by atoms with Crippen molar-refractivity contribution < 1.29 is 10.9 Å². The van der Waals surface area contributed by atoms with Gasteiger partial charge >= 0.3 is 6.03 Å². The molecule has 0 aromatic heterocycles. The lowest BCUT2D eigenvalue weighted by atomic mass is 10.00. The summed E-state index contributed by atoms with van der Waals surface area (Å²) in [6.45, 7) is 5.00.